The van der Waals surface area contributed by atoms with E-state index in [1.54, 1.807) is 0 Å². The first kappa shape index (κ1) is 39.3. The summed E-state index contributed by atoms with van der Waals surface area (Å²) in [7, 11) is 0. The lowest BCUT2D eigenvalue weighted by atomic mass is 9.66. The summed E-state index contributed by atoms with van der Waals surface area (Å²) >= 11 is 1.89. The Morgan fingerprint density at radius 2 is 0.758 bits per heavy atom. The molecule has 0 saturated carbocycles. The third-order valence-corrected chi connectivity index (χ3v) is 16.9. The molecule has 316 valence electrons. The summed E-state index contributed by atoms with van der Waals surface area (Å²) in [6, 6.07) is 74.6. The van der Waals surface area contributed by atoms with Crippen LogP contribution in [0, 0.1) is 13.8 Å². The van der Waals surface area contributed by atoms with E-state index in [4.69, 9.17) is 0 Å². The third kappa shape index (κ3) is 5.44. The number of thiophene rings is 1. The van der Waals surface area contributed by atoms with E-state index in [0.717, 1.165) is 0 Å². The van der Waals surface area contributed by atoms with Crippen molar-refractivity contribution in [3.05, 3.63) is 250 Å². The maximum absolute atomic E-state index is 2.61. The van der Waals surface area contributed by atoms with Gasteiger partial charge < -0.3 is 0 Å². The van der Waals surface area contributed by atoms with Crippen LogP contribution in [0.1, 0.15) is 83.3 Å². The highest BCUT2D eigenvalue weighted by Gasteiger charge is 2.50. The van der Waals surface area contributed by atoms with Gasteiger partial charge in [-0.3, -0.25) is 0 Å². The molecule has 9 aromatic carbocycles. The van der Waals surface area contributed by atoms with Gasteiger partial charge in [0.1, 0.15) is 0 Å². The summed E-state index contributed by atoms with van der Waals surface area (Å²) in [5.41, 5.74) is 26.9. The largest absolute Gasteiger partial charge is 0.135 e. The average molecular weight is 863 g/mol. The Hall–Kier alpha value is -7.06. The van der Waals surface area contributed by atoms with Gasteiger partial charge in [-0.2, -0.15) is 0 Å². The lowest BCUT2D eigenvalue weighted by Gasteiger charge is -2.35. The zero-order chi connectivity index (χ0) is 44.7. The molecule has 0 amide bonds. The third-order valence-electron chi connectivity index (χ3n) is 15.7. The number of hydrogen-bond donors (Lipinski definition) is 0. The molecule has 3 aliphatic carbocycles. The number of hydrogen-bond acceptors (Lipinski definition) is 1. The van der Waals surface area contributed by atoms with Gasteiger partial charge in [0.05, 0.1) is 5.41 Å². The van der Waals surface area contributed by atoms with E-state index in [1.807, 2.05) is 11.3 Å². The quantitative estimate of drug-likeness (QED) is 0.162. The maximum atomic E-state index is 2.61. The minimum atomic E-state index is -0.540. The van der Waals surface area contributed by atoms with Crippen molar-refractivity contribution in [2.24, 2.45) is 0 Å². The number of benzene rings is 9. The van der Waals surface area contributed by atoms with Crippen molar-refractivity contribution in [2.45, 2.75) is 57.8 Å². The predicted octanol–water partition coefficient (Wildman–Crippen LogP) is 17.5. The second-order valence-corrected chi connectivity index (χ2v) is 21.3. The molecule has 1 heteroatoms. The maximum Gasteiger partial charge on any atom is 0.0714 e. The van der Waals surface area contributed by atoms with Crippen molar-refractivity contribution in [2.75, 3.05) is 0 Å². The molecule has 0 atom stereocenters. The zero-order valence-corrected chi connectivity index (χ0v) is 39.2. The molecule has 3 aliphatic rings. The molecule has 10 aromatic rings. The van der Waals surface area contributed by atoms with E-state index >= 15 is 0 Å². The normalized spacial score (nSPS) is 15.2. The molecule has 0 saturated heterocycles. The molecular weight excluding hydrogens is 813 g/mol. The van der Waals surface area contributed by atoms with Crippen molar-refractivity contribution in [3.8, 4) is 66.1 Å². The average Bonchev–Trinajstić information content (AvgIpc) is 4.03. The SMILES string of the molecule is Cc1ccc(C2(c3ccc(C)cc3)c3cc4c(cc3-c3cc5c(cc32)-c2ccc(-c3ccccc3-c3ccccc3)cc2C5(C)C)C(C)(C)c2cc(-c3cc5ccccc5s3)ccc2-4)cc1. The Bertz CT molecular complexity index is 3550. The fourth-order valence-electron chi connectivity index (χ4n) is 12.2. The number of fused-ring (bicyclic) bond motifs is 10. The fraction of sp³-hybridized carbons (Fsp3) is 0.138. The highest BCUT2D eigenvalue weighted by molar-refractivity contribution is 7.22. The van der Waals surface area contributed by atoms with Gasteiger partial charge >= 0.3 is 0 Å². The molecule has 13 rings (SSSR count). The van der Waals surface area contributed by atoms with Crippen LogP contribution >= 0.6 is 11.3 Å². The van der Waals surface area contributed by atoms with E-state index in [-0.39, 0.29) is 10.8 Å². The summed E-state index contributed by atoms with van der Waals surface area (Å²) in [5.74, 6) is 0. The van der Waals surface area contributed by atoms with Gasteiger partial charge in [-0.25, -0.2) is 0 Å². The van der Waals surface area contributed by atoms with Crippen molar-refractivity contribution in [1.82, 2.24) is 0 Å². The van der Waals surface area contributed by atoms with Crippen LogP contribution in [-0.2, 0) is 16.2 Å². The minimum Gasteiger partial charge on any atom is -0.135 e. The topological polar surface area (TPSA) is 0 Å². The Balaban J connectivity index is 1.04. The first-order valence-corrected chi connectivity index (χ1v) is 24.3. The summed E-state index contributed by atoms with van der Waals surface area (Å²) in [5, 5.41) is 1.31. The first-order valence-electron chi connectivity index (χ1n) is 23.5. The van der Waals surface area contributed by atoms with Gasteiger partial charge in [0.2, 0.25) is 0 Å². The van der Waals surface area contributed by atoms with E-state index in [9.17, 15) is 0 Å². The van der Waals surface area contributed by atoms with Crippen molar-refractivity contribution in [1.29, 1.82) is 0 Å². The lowest BCUT2D eigenvalue weighted by molar-refractivity contribution is 0.660. The van der Waals surface area contributed by atoms with Gasteiger partial charge in [-0.15, -0.1) is 11.3 Å². The van der Waals surface area contributed by atoms with Gasteiger partial charge in [0, 0.05) is 20.4 Å². The molecule has 0 bridgehead atoms. The van der Waals surface area contributed by atoms with Crippen LogP contribution in [0.4, 0.5) is 0 Å². The second-order valence-electron chi connectivity index (χ2n) is 20.2. The standard InChI is InChI=1S/C65H50S/c1-39-20-26-45(27-21-39)65(46-28-22-40(2)23-29-46)59-37-51-49-30-24-42(48-18-12-11-17-47(48)41-14-8-7-9-15-41)32-55(49)63(3,4)57(51)35-53(59)54-36-58-52(38-60(54)65)50-31-25-44(33-56(50)64(58,5)6)62-34-43-16-10-13-19-61(43)66-62/h7-38H,1-6H3. The fourth-order valence-corrected chi connectivity index (χ4v) is 13.3. The Labute approximate surface area is 392 Å². The summed E-state index contributed by atoms with van der Waals surface area (Å²) in [4.78, 5) is 1.32. The molecular formula is C65H50S. The van der Waals surface area contributed by atoms with Crippen LogP contribution in [-0.4, -0.2) is 0 Å². The summed E-state index contributed by atoms with van der Waals surface area (Å²) < 4.78 is 1.33. The number of rotatable bonds is 5. The van der Waals surface area contributed by atoms with Gasteiger partial charge in [-0.1, -0.05) is 184 Å². The Morgan fingerprint density at radius 3 is 1.32 bits per heavy atom. The first-order chi connectivity index (χ1) is 32.0. The van der Waals surface area contributed by atoms with Crippen molar-refractivity contribution < 1.29 is 0 Å². The molecule has 0 aliphatic heterocycles. The summed E-state index contributed by atoms with van der Waals surface area (Å²) in [6.07, 6.45) is 0. The molecule has 1 aromatic heterocycles. The molecule has 66 heavy (non-hydrogen) atoms. The van der Waals surface area contributed by atoms with Crippen LogP contribution in [0.25, 0.3) is 76.2 Å². The highest BCUT2D eigenvalue weighted by Crippen LogP contribution is 2.63. The Morgan fingerprint density at radius 1 is 0.318 bits per heavy atom. The van der Waals surface area contributed by atoms with Gasteiger partial charge in [0.15, 0.2) is 0 Å². The predicted molar refractivity (Wildman–Crippen MR) is 280 cm³/mol. The van der Waals surface area contributed by atoms with E-state index in [2.05, 4.69) is 236 Å². The van der Waals surface area contributed by atoms with Crippen molar-refractivity contribution >= 4 is 21.4 Å². The summed E-state index contributed by atoms with van der Waals surface area (Å²) in [6.45, 7) is 14.2. The van der Waals surface area contributed by atoms with Gasteiger partial charge in [0.25, 0.3) is 0 Å². The number of aryl methyl sites for hydroxylation is 2. The van der Waals surface area contributed by atoms with Crippen LogP contribution in [0.3, 0.4) is 0 Å². The molecule has 0 fully saturated rings. The lowest BCUT2D eigenvalue weighted by Crippen LogP contribution is -2.29. The van der Waals surface area contributed by atoms with E-state index in [1.165, 1.54) is 132 Å². The molecule has 1 heterocycles. The second kappa shape index (κ2) is 14.0. The zero-order valence-electron chi connectivity index (χ0n) is 38.4. The highest BCUT2D eigenvalue weighted by atomic mass is 32.1. The molecule has 0 N–H and O–H groups in total. The Kier molecular flexibility index (Phi) is 8.33. The molecule has 0 unspecified atom stereocenters. The minimum absolute atomic E-state index is 0.190. The smallest absolute Gasteiger partial charge is 0.0714 e. The van der Waals surface area contributed by atoms with Gasteiger partial charge in [-0.05, 0) is 173 Å². The van der Waals surface area contributed by atoms with E-state index in [0.29, 0.717) is 0 Å². The van der Waals surface area contributed by atoms with Crippen molar-refractivity contribution in [3.63, 3.8) is 0 Å². The molecule has 0 nitrogen and oxygen atoms in total. The van der Waals surface area contributed by atoms with Crippen LogP contribution < -0.4 is 0 Å². The molecule has 0 spiro atoms. The van der Waals surface area contributed by atoms with Crippen LogP contribution in [0.15, 0.2) is 194 Å². The monoisotopic (exact) mass is 862 g/mol. The van der Waals surface area contributed by atoms with E-state index < -0.39 is 5.41 Å². The van der Waals surface area contributed by atoms with Crippen LogP contribution in [0.5, 0.6) is 0 Å². The van der Waals surface area contributed by atoms with Crippen LogP contribution in [0.2, 0.25) is 0 Å². The molecule has 0 radical (unpaired) electrons.